The number of carbonyl (C=O) groups is 2. The van der Waals surface area contributed by atoms with Gasteiger partial charge >= 0.3 is 0 Å². The quantitative estimate of drug-likeness (QED) is 0.710. The maximum Gasteiger partial charge on any atom is 0.246 e. The molecule has 1 aliphatic carbocycles. The third kappa shape index (κ3) is 5.44. The summed E-state index contributed by atoms with van der Waals surface area (Å²) < 4.78 is 0. The molecule has 1 fully saturated rings. The molecular formula is C23H33N3O2. The van der Waals surface area contributed by atoms with Crippen LogP contribution in [0.2, 0.25) is 0 Å². The summed E-state index contributed by atoms with van der Waals surface area (Å²) in [5, 5.41) is 3.06. The number of hydrogen-bond donors (Lipinski definition) is 2. The van der Waals surface area contributed by atoms with E-state index in [1.807, 2.05) is 30.0 Å². The van der Waals surface area contributed by atoms with Gasteiger partial charge in [-0.25, -0.2) is 0 Å². The number of carbonyl (C=O) groups excluding carboxylic acids is 2. The molecule has 0 spiro atoms. The highest BCUT2D eigenvalue weighted by molar-refractivity contribution is 5.88. The molecule has 1 aromatic carbocycles. The van der Waals surface area contributed by atoms with Crippen LogP contribution in [-0.2, 0) is 22.7 Å². The lowest BCUT2D eigenvalue weighted by Gasteiger charge is -2.26. The van der Waals surface area contributed by atoms with E-state index in [0.29, 0.717) is 25.4 Å². The molecular weight excluding hydrogens is 350 g/mol. The highest BCUT2D eigenvalue weighted by Gasteiger charge is 2.23. The van der Waals surface area contributed by atoms with Gasteiger partial charge in [-0.3, -0.25) is 9.59 Å². The Morgan fingerprint density at radius 2 is 1.82 bits per heavy atom. The molecule has 0 saturated heterocycles. The summed E-state index contributed by atoms with van der Waals surface area (Å²) in [6, 6.07) is 7.54. The number of hydrogen-bond acceptors (Lipinski definition) is 3. The van der Waals surface area contributed by atoms with Crippen molar-refractivity contribution in [3.63, 3.8) is 0 Å². The minimum atomic E-state index is -0.494. The van der Waals surface area contributed by atoms with Gasteiger partial charge in [-0.2, -0.15) is 0 Å². The van der Waals surface area contributed by atoms with Crippen LogP contribution in [0.3, 0.4) is 0 Å². The molecule has 2 aliphatic rings. The zero-order valence-corrected chi connectivity index (χ0v) is 16.9. The first kappa shape index (κ1) is 20.6. The lowest BCUT2D eigenvalue weighted by atomic mass is 9.84. The van der Waals surface area contributed by atoms with E-state index in [1.165, 1.54) is 43.2 Å². The Hall–Kier alpha value is -2.14. The van der Waals surface area contributed by atoms with E-state index in [1.54, 1.807) is 6.08 Å². The summed E-state index contributed by atoms with van der Waals surface area (Å²) >= 11 is 0. The van der Waals surface area contributed by atoms with Crippen molar-refractivity contribution in [3.05, 3.63) is 47.5 Å². The number of benzene rings is 1. The number of fused-ring (bicyclic) bond motifs is 1. The molecule has 1 unspecified atom stereocenters. The van der Waals surface area contributed by atoms with Crippen LogP contribution < -0.4 is 11.1 Å². The number of nitrogens with zero attached hydrogens (tertiary/aromatic N) is 1. The summed E-state index contributed by atoms with van der Waals surface area (Å²) in [6.07, 6.45) is 11.2. The fourth-order valence-corrected chi connectivity index (χ4v) is 4.24. The van der Waals surface area contributed by atoms with Gasteiger partial charge in [0, 0.05) is 25.2 Å². The molecule has 0 radical (unpaired) electrons. The summed E-state index contributed by atoms with van der Waals surface area (Å²) in [5.41, 5.74) is 8.32. The van der Waals surface area contributed by atoms with Gasteiger partial charge in [0.1, 0.15) is 0 Å². The molecule has 0 aromatic heterocycles. The summed E-state index contributed by atoms with van der Waals surface area (Å²) in [6.45, 7) is 3.21. The fraction of sp³-hybridized carbons (Fsp3) is 0.565. The molecule has 5 nitrogen and oxygen atoms in total. The minimum Gasteiger partial charge on any atom is -0.349 e. The lowest BCUT2D eigenvalue weighted by molar-refractivity contribution is -0.127. The number of nitrogens with one attached hydrogen (secondary N) is 1. The molecule has 2 amide bonds. The maximum atomic E-state index is 12.7. The van der Waals surface area contributed by atoms with Crippen molar-refractivity contribution in [1.29, 1.82) is 0 Å². The second-order valence-electron chi connectivity index (χ2n) is 8.19. The summed E-state index contributed by atoms with van der Waals surface area (Å²) in [5.74, 6) is 0.473. The molecule has 0 bridgehead atoms. The first-order valence-corrected chi connectivity index (χ1v) is 10.7. The predicted octanol–water partition coefficient (Wildman–Crippen LogP) is 3.28. The summed E-state index contributed by atoms with van der Waals surface area (Å²) in [4.78, 5) is 26.8. The topological polar surface area (TPSA) is 75.4 Å². The van der Waals surface area contributed by atoms with Crippen LogP contribution in [0.5, 0.6) is 0 Å². The Labute approximate surface area is 168 Å². The standard InChI is InChI=1S/C23H33N3O2/c1-2-21(24)23(28)25-20(14-17-8-4-3-5-9-17)12-13-22(27)26-15-18-10-6-7-11-19(18)16-26/h6-7,10-13,17,20-21H,2-5,8-9,14-16,24H2,1H3,(H,25,28)/b13-12+/t20-,21?/m1/s1. The molecule has 5 heteroatoms. The van der Waals surface area contributed by atoms with Crippen LogP contribution in [0.4, 0.5) is 0 Å². The fourth-order valence-electron chi connectivity index (χ4n) is 4.24. The summed E-state index contributed by atoms with van der Waals surface area (Å²) in [7, 11) is 0. The van der Waals surface area contributed by atoms with Crippen LogP contribution >= 0.6 is 0 Å². The smallest absolute Gasteiger partial charge is 0.246 e. The molecule has 1 saturated carbocycles. The van der Waals surface area contributed by atoms with Crippen LogP contribution in [0.1, 0.15) is 63.0 Å². The van der Waals surface area contributed by atoms with Gasteiger partial charge < -0.3 is 16.0 Å². The monoisotopic (exact) mass is 383 g/mol. The molecule has 1 aliphatic heterocycles. The zero-order chi connectivity index (χ0) is 19.9. The molecule has 2 atom stereocenters. The first-order valence-electron chi connectivity index (χ1n) is 10.7. The van der Waals surface area contributed by atoms with Crippen molar-refractivity contribution < 1.29 is 9.59 Å². The van der Waals surface area contributed by atoms with E-state index in [2.05, 4.69) is 17.4 Å². The number of rotatable bonds is 7. The van der Waals surface area contributed by atoms with E-state index in [4.69, 9.17) is 5.73 Å². The van der Waals surface area contributed by atoms with E-state index in [9.17, 15) is 9.59 Å². The number of amides is 2. The van der Waals surface area contributed by atoms with Gasteiger partial charge in [-0.1, -0.05) is 69.4 Å². The van der Waals surface area contributed by atoms with Crippen molar-refractivity contribution >= 4 is 11.8 Å². The normalized spacial score (nSPS) is 19.4. The third-order valence-electron chi connectivity index (χ3n) is 6.04. The molecule has 3 N–H and O–H groups in total. The molecule has 152 valence electrons. The third-order valence-corrected chi connectivity index (χ3v) is 6.04. The van der Waals surface area contributed by atoms with Crippen LogP contribution in [-0.4, -0.2) is 28.8 Å². The highest BCUT2D eigenvalue weighted by atomic mass is 16.2. The van der Waals surface area contributed by atoms with Crippen molar-refractivity contribution in [2.75, 3.05) is 0 Å². The van der Waals surface area contributed by atoms with Gasteiger partial charge in [0.2, 0.25) is 11.8 Å². The van der Waals surface area contributed by atoms with Crippen LogP contribution in [0.25, 0.3) is 0 Å². The van der Waals surface area contributed by atoms with Crippen molar-refractivity contribution in [1.82, 2.24) is 10.2 Å². The van der Waals surface area contributed by atoms with Crippen molar-refractivity contribution in [2.24, 2.45) is 11.7 Å². The van der Waals surface area contributed by atoms with E-state index in [-0.39, 0.29) is 17.9 Å². The highest BCUT2D eigenvalue weighted by Crippen LogP contribution is 2.28. The van der Waals surface area contributed by atoms with Crippen LogP contribution in [0, 0.1) is 5.92 Å². The average Bonchev–Trinajstić information content (AvgIpc) is 3.16. The lowest BCUT2D eigenvalue weighted by Crippen LogP contribution is -2.45. The average molecular weight is 384 g/mol. The molecule has 3 rings (SSSR count). The van der Waals surface area contributed by atoms with Gasteiger partial charge in [-0.15, -0.1) is 0 Å². The van der Waals surface area contributed by atoms with E-state index >= 15 is 0 Å². The maximum absolute atomic E-state index is 12.7. The molecule has 1 aromatic rings. The minimum absolute atomic E-state index is 0.00103. The Bertz CT molecular complexity index is 685. The Morgan fingerprint density at radius 1 is 1.18 bits per heavy atom. The Kier molecular flexibility index (Phi) is 7.26. The van der Waals surface area contributed by atoms with Crippen molar-refractivity contribution in [2.45, 2.75) is 77.0 Å². The van der Waals surface area contributed by atoms with Gasteiger partial charge in [0.05, 0.1) is 6.04 Å². The van der Waals surface area contributed by atoms with Crippen LogP contribution in [0.15, 0.2) is 36.4 Å². The van der Waals surface area contributed by atoms with Gasteiger partial charge in [-0.05, 0) is 29.9 Å². The predicted molar refractivity (Wildman–Crippen MR) is 111 cm³/mol. The van der Waals surface area contributed by atoms with E-state index < -0.39 is 6.04 Å². The van der Waals surface area contributed by atoms with Gasteiger partial charge in [0.25, 0.3) is 0 Å². The second-order valence-corrected chi connectivity index (χ2v) is 8.19. The molecule has 1 heterocycles. The van der Waals surface area contributed by atoms with Gasteiger partial charge in [0.15, 0.2) is 0 Å². The largest absolute Gasteiger partial charge is 0.349 e. The number of nitrogens with two attached hydrogens (primary N) is 1. The van der Waals surface area contributed by atoms with E-state index in [0.717, 1.165) is 6.42 Å². The SMILES string of the molecule is CCC(N)C(=O)N[C@H](/C=C/C(=O)N1Cc2ccccc2C1)CC1CCCCC1. The Morgan fingerprint density at radius 3 is 2.43 bits per heavy atom. The second kappa shape index (κ2) is 9.87. The van der Waals surface area contributed by atoms with Crippen molar-refractivity contribution in [3.8, 4) is 0 Å². The zero-order valence-electron chi connectivity index (χ0n) is 16.9. The molecule has 28 heavy (non-hydrogen) atoms. The first-order chi connectivity index (χ1) is 13.6. The Balaban J connectivity index is 1.62.